The summed E-state index contributed by atoms with van der Waals surface area (Å²) in [5.74, 6) is -0.253. The first-order valence-corrected chi connectivity index (χ1v) is 5.82. The third kappa shape index (κ3) is 3.29. The maximum atomic E-state index is 13.8. The molecule has 16 heavy (non-hydrogen) atoms. The molecule has 0 amide bonds. The van der Waals surface area contributed by atoms with Crippen LogP contribution in [0.4, 0.5) is 4.39 Å². The van der Waals surface area contributed by atoms with Gasteiger partial charge in [0.15, 0.2) is 0 Å². The second kappa shape index (κ2) is 6.61. The minimum absolute atomic E-state index is 0.231. The van der Waals surface area contributed by atoms with E-state index in [2.05, 4.69) is 18.7 Å². The predicted molar refractivity (Wildman–Crippen MR) is 63.8 cm³/mol. The van der Waals surface area contributed by atoms with Gasteiger partial charge in [-0.25, -0.2) is 4.39 Å². The van der Waals surface area contributed by atoms with Gasteiger partial charge in [0.05, 0.1) is 6.61 Å². The van der Waals surface area contributed by atoms with Crippen LogP contribution in [0, 0.1) is 5.82 Å². The van der Waals surface area contributed by atoms with Gasteiger partial charge in [-0.2, -0.15) is 0 Å². The lowest BCUT2D eigenvalue weighted by Crippen LogP contribution is -2.25. The summed E-state index contributed by atoms with van der Waals surface area (Å²) < 4.78 is 13.8. The maximum absolute atomic E-state index is 13.8. The fraction of sp³-hybridized carbons (Fsp3) is 0.538. The molecule has 0 heterocycles. The smallest absolute Gasteiger partial charge is 0.131 e. The second-order valence-electron chi connectivity index (χ2n) is 3.83. The number of benzene rings is 1. The highest BCUT2D eigenvalue weighted by atomic mass is 19.1. The molecule has 0 aliphatic rings. The molecule has 0 unspecified atom stereocenters. The van der Waals surface area contributed by atoms with E-state index in [0.717, 1.165) is 19.6 Å². The lowest BCUT2D eigenvalue weighted by molar-refractivity contribution is 0.274. The Morgan fingerprint density at radius 2 is 1.81 bits per heavy atom. The number of halogens is 1. The molecular weight excluding hydrogens is 205 g/mol. The molecule has 1 rings (SSSR count). The molecule has 0 spiro atoms. The van der Waals surface area contributed by atoms with Crippen molar-refractivity contribution in [1.29, 1.82) is 0 Å². The zero-order valence-electron chi connectivity index (χ0n) is 10.0. The molecule has 0 aliphatic heterocycles. The Balaban J connectivity index is 2.66. The van der Waals surface area contributed by atoms with Gasteiger partial charge in [0.1, 0.15) is 5.82 Å². The Morgan fingerprint density at radius 3 is 2.38 bits per heavy atom. The monoisotopic (exact) mass is 225 g/mol. The van der Waals surface area contributed by atoms with Gasteiger partial charge in [-0.05, 0) is 25.1 Å². The molecule has 90 valence electrons. The highest BCUT2D eigenvalue weighted by Gasteiger charge is 2.08. The van der Waals surface area contributed by atoms with Crippen molar-refractivity contribution in [2.75, 3.05) is 19.6 Å². The Kier molecular flexibility index (Phi) is 5.43. The average molecular weight is 225 g/mol. The van der Waals surface area contributed by atoms with Crippen LogP contribution in [0.1, 0.15) is 25.0 Å². The molecule has 1 aromatic carbocycles. The molecule has 0 fully saturated rings. The van der Waals surface area contributed by atoms with E-state index in [4.69, 9.17) is 5.11 Å². The van der Waals surface area contributed by atoms with Crippen molar-refractivity contribution in [1.82, 2.24) is 4.90 Å². The first-order valence-electron chi connectivity index (χ1n) is 5.82. The second-order valence-corrected chi connectivity index (χ2v) is 3.83. The van der Waals surface area contributed by atoms with Gasteiger partial charge in [0.2, 0.25) is 0 Å². The van der Waals surface area contributed by atoms with Crippen LogP contribution in [0.5, 0.6) is 0 Å². The van der Waals surface area contributed by atoms with Crippen LogP contribution < -0.4 is 0 Å². The summed E-state index contributed by atoms with van der Waals surface area (Å²) in [4.78, 5) is 2.26. The Hall–Kier alpha value is -0.930. The summed E-state index contributed by atoms with van der Waals surface area (Å²) in [6.45, 7) is 6.80. The van der Waals surface area contributed by atoms with E-state index < -0.39 is 0 Å². The Labute approximate surface area is 96.7 Å². The predicted octanol–water partition coefficient (Wildman–Crippen LogP) is 2.20. The number of aliphatic hydroxyl groups is 1. The number of nitrogens with zero attached hydrogens (tertiary/aromatic N) is 1. The minimum atomic E-state index is -0.253. The van der Waals surface area contributed by atoms with Crippen molar-refractivity contribution in [2.45, 2.75) is 26.9 Å². The van der Waals surface area contributed by atoms with Crippen molar-refractivity contribution in [2.24, 2.45) is 0 Å². The van der Waals surface area contributed by atoms with E-state index in [1.54, 1.807) is 18.2 Å². The number of aliphatic hydroxyl groups excluding tert-OH is 1. The van der Waals surface area contributed by atoms with E-state index in [-0.39, 0.29) is 12.4 Å². The molecule has 0 atom stereocenters. The van der Waals surface area contributed by atoms with Crippen LogP contribution in [0.15, 0.2) is 18.2 Å². The number of likely N-dealkylation sites (N-methyl/N-ethyl adjacent to an activating group) is 1. The van der Waals surface area contributed by atoms with Crippen LogP contribution in [0.25, 0.3) is 0 Å². The van der Waals surface area contributed by atoms with Crippen LogP contribution >= 0.6 is 0 Å². The molecule has 1 N–H and O–H groups in total. The number of rotatable bonds is 6. The lowest BCUT2D eigenvalue weighted by atomic mass is 10.1. The van der Waals surface area contributed by atoms with E-state index in [0.29, 0.717) is 17.5 Å². The van der Waals surface area contributed by atoms with Gasteiger partial charge >= 0.3 is 0 Å². The third-order valence-corrected chi connectivity index (χ3v) is 2.92. The molecule has 0 radical (unpaired) electrons. The van der Waals surface area contributed by atoms with Crippen molar-refractivity contribution in [3.8, 4) is 0 Å². The van der Waals surface area contributed by atoms with Gasteiger partial charge in [-0.1, -0.05) is 32.0 Å². The maximum Gasteiger partial charge on any atom is 0.131 e. The van der Waals surface area contributed by atoms with Gasteiger partial charge in [-0.15, -0.1) is 0 Å². The Morgan fingerprint density at radius 1 is 1.19 bits per heavy atom. The fourth-order valence-corrected chi connectivity index (χ4v) is 1.77. The molecule has 3 heteroatoms. The highest BCUT2D eigenvalue weighted by molar-refractivity contribution is 5.25. The van der Waals surface area contributed by atoms with Gasteiger partial charge < -0.3 is 10.0 Å². The summed E-state index contributed by atoms with van der Waals surface area (Å²) in [7, 11) is 0. The normalized spacial score (nSPS) is 11.1. The van der Waals surface area contributed by atoms with Crippen LogP contribution in [0.2, 0.25) is 0 Å². The first kappa shape index (κ1) is 13.1. The summed E-state index contributed by atoms with van der Waals surface area (Å²) >= 11 is 0. The molecule has 0 bridgehead atoms. The molecule has 1 aromatic rings. The van der Waals surface area contributed by atoms with Crippen molar-refractivity contribution in [3.63, 3.8) is 0 Å². The quantitative estimate of drug-likeness (QED) is 0.802. The molecular formula is C13H20FNO. The van der Waals surface area contributed by atoms with Crippen molar-refractivity contribution in [3.05, 3.63) is 35.1 Å². The summed E-state index contributed by atoms with van der Waals surface area (Å²) in [5.41, 5.74) is 1.08. The number of hydrogen-bond acceptors (Lipinski definition) is 2. The zero-order chi connectivity index (χ0) is 12.0. The average Bonchev–Trinajstić information content (AvgIpc) is 2.32. The molecule has 2 nitrogen and oxygen atoms in total. The van der Waals surface area contributed by atoms with E-state index in [1.165, 1.54) is 0 Å². The first-order chi connectivity index (χ1) is 7.72. The van der Waals surface area contributed by atoms with E-state index in [9.17, 15) is 4.39 Å². The number of hydrogen-bond donors (Lipinski definition) is 1. The van der Waals surface area contributed by atoms with Gasteiger partial charge in [0.25, 0.3) is 0 Å². The molecule has 0 aliphatic carbocycles. The van der Waals surface area contributed by atoms with Crippen molar-refractivity contribution >= 4 is 0 Å². The summed E-state index contributed by atoms with van der Waals surface area (Å²) in [5, 5.41) is 8.96. The SMILES string of the molecule is CCN(CC)CCc1cccc(CO)c1F. The van der Waals surface area contributed by atoms with Crippen LogP contribution in [-0.4, -0.2) is 29.6 Å². The summed E-state index contributed by atoms with van der Waals surface area (Å²) in [6.07, 6.45) is 0.696. The van der Waals surface area contributed by atoms with Crippen molar-refractivity contribution < 1.29 is 9.50 Å². The molecule has 0 aromatic heterocycles. The van der Waals surface area contributed by atoms with E-state index >= 15 is 0 Å². The van der Waals surface area contributed by atoms with Crippen LogP contribution in [0.3, 0.4) is 0 Å². The minimum Gasteiger partial charge on any atom is -0.392 e. The summed E-state index contributed by atoms with van der Waals surface area (Å²) in [6, 6.07) is 5.21. The topological polar surface area (TPSA) is 23.5 Å². The molecule has 0 saturated carbocycles. The van der Waals surface area contributed by atoms with E-state index in [1.807, 2.05) is 0 Å². The third-order valence-electron chi connectivity index (χ3n) is 2.92. The standard InChI is InChI=1S/C13H20FNO/c1-3-15(4-2)9-8-11-6-5-7-12(10-16)13(11)14/h5-7,16H,3-4,8-10H2,1-2H3. The zero-order valence-corrected chi connectivity index (χ0v) is 10.0. The largest absolute Gasteiger partial charge is 0.392 e. The van der Waals surface area contributed by atoms with Gasteiger partial charge in [0, 0.05) is 12.1 Å². The molecule has 0 saturated heterocycles. The fourth-order valence-electron chi connectivity index (χ4n) is 1.77. The van der Waals surface area contributed by atoms with Gasteiger partial charge in [-0.3, -0.25) is 0 Å². The lowest BCUT2D eigenvalue weighted by Gasteiger charge is -2.18. The Bertz CT molecular complexity index is 324. The van der Waals surface area contributed by atoms with Crippen LogP contribution in [-0.2, 0) is 13.0 Å². The highest BCUT2D eigenvalue weighted by Crippen LogP contribution is 2.13.